The minimum atomic E-state index is -0.827. The van der Waals surface area contributed by atoms with Crippen LogP contribution in [0.1, 0.15) is 64.7 Å². The topological polar surface area (TPSA) is 99.0 Å². The van der Waals surface area contributed by atoms with E-state index in [-0.39, 0.29) is 18.3 Å². The highest BCUT2D eigenvalue weighted by atomic mass is 16.6. The highest BCUT2D eigenvalue weighted by Gasteiger charge is 2.45. The van der Waals surface area contributed by atoms with Crippen molar-refractivity contribution in [1.82, 2.24) is 5.48 Å². The molecule has 0 aromatic rings. The van der Waals surface area contributed by atoms with Crippen molar-refractivity contribution in [3.63, 3.8) is 0 Å². The van der Waals surface area contributed by atoms with Crippen LogP contribution in [0.2, 0.25) is 0 Å². The van der Waals surface area contributed by atoms with E-state index in [4.69, 9.17) is 9.94 Å². The quantitative estimate of drug-likeness (QED) is 0.255. The van der Waals surface area contributed by atoms with E-state index in [1.807, 2.05) is 0 Å². The molecule has 6 nitrogen and oxygen atoms in total. The van der Waals surface area contributed by atoms with Crippen molar-refractivity contribution in [2.75, 3.05) is 6.61 Å². The van der Waals surface area contributed by atoms with Gasteiger partial charge in [-0.1, -0.05) is 38.0 Å². The summed E-state index contributed by atoms with van der Waals surface area (Å²) in [5.41, 5.74) is 5.01. The zero-order valence-corrected chi connectivity index (χ0v) is 15.5. The molecule has 0 amide bonds. The van der Waals surface area contributed by atoms with Gasteiger partial charge >= 0.3 is 5.97 Å². The Hall–Kier alpha value is -1.55. The number of allylic oxidation sites excluding steroid dienone is 1. The Balaban J connectivity index is 1.74. The van der Waals surface area contributed by atoms with E-state index in [0.29, 0.717) is 25.9 Å². The summed E-state index contributed by atoms with van der Waals surface area (Å²) >= 11 is 0. The molecule has 146 valence electrons. The van der Waals surface area contributed by atoms with Gasteiger partial charge in [-0.3, -0.25) is 15.1 Å². The number of hydroxylamine groups is 1. The molecular weight excluding hydrogens is 334 g/mol. The number of hydrogen-bond acceptors (Lipinski definition) is 5. The molecule has 4 unspecified atom stereocenters. The van der Waals surface area contributed by atoms with Crippen LogP contribution in [-0.2, 0) is 9.63 Å². The predicted molar refractivity (Wildman–Crippen MR) is 97.7 cm³/mol. The number of nitrogens with one attached hydrogen (secondary N) is 1. The molecule has 1 saturated carbocycles. The summed E-state index contributed by atoms with van der Waals surface area (Å²) in [7, 11) is 0. The van der Waals surface area contributed by atoms with Gasteiger partial charge in [0.2, 0.25) is 0 Å². The monoisotopic (exact) mass is 365 g/mol. The number of aliphatic carboxylic acids is 1. The van der Waals surface area contributed by atoms with Crippen LogP contribution >= 0.6 is 0 Å². The average Bonchev–Trinajstić information content (AvgIpc) is 2.84. The summed E-state index contributed by atoms with van der Waals surface area (Å²) in [4.78, 5) is 15.7. The number of rotatable bonds is 11. The molecule has 26 heavy (non-hydrogen) atoms. The zero-order valence-electron chi connectivity index (χ0n) is 15.5. The second-order valence-corrected chi connectivity index (χ2v) is 7.21. The van der Waals surface area contributed by atoms with E-state index in [2.05, 4.69) is 24.2 Å². The summed E-state index contributed by atoms with van der Waals surface area (Å²) in [6.45, 7) is 2.50. The maximum absolute atomic E-state index is 10.4. The minimum Gasteiger partial charge on any atom is -0.481 e. The highest BCUT2D eigenvalue weighted by molar-refractivity contribution is 5.66. The third-order valence-electron chi connectivity index (χ3n) is 5.12. The lowest BCUT2D eigenvalue weighted by atomic mass is 9.79. The second kappa shape index (κ2) is 10.6. The molecule has 2 aliphatic rings. The number of aliphatic hydroxyl groups is 2. The Morgan fingerprint density at radius 1 is 1.31 bits per heavy atom. The van der Waals surface area contributed by atoms with Crippen LogP contribution in [0.3, 0.4) is 0 Å². The third-order valence-corrected chi connectivity index (χ3v) is 5.12. The van der Waals surface area contributed by atoms with Gasteiger partial charge in [0, 0.05) is 18.0 Å². The number of hydrogen-bond donors (Lipinski definition) is 4. The smallest absolute Gasteiger partial charge is 0.303 e. The molecule has 0 bridgehead atoms. The van der Waals surface area contributed by atoms with Crippen LogP contribution in [0, 0.1) is 23.7 Å². The highest BCUT2D eigenvalue weighted by Crippen LogP contribution is 2.48. The van der Waals surface area contributed by atoms with Gasteiger partial charge in [-0.15, -0.1) is 0 Å². The van der Waals surface area contributed by atoms with Crippen LogP contribution in [0.5, 0.6) is 0 Å². The van der Waals surface area contributed by atoms with Crippen molar-refractivity contribution in [3.05, 3.63) is 11.3 Å². The maximum atomic E-state index is 10.4. The lowest BCUT2D eigenvalue weighted by Gasteiger charge is -2.30. The summed E-state index contributed by atoms with van der Waals surface area (Å²) in [6.07, 6.45) is 5.96. The third kappa shape index (κ3) is 6.01. The van der Waals surface area contributed by atoms with Gasteiger partial charge < -0.3 is 15.3 Å². The summed E-state index contributed by atoms with van der Waals surface area (Å²) in [5, 5.41) is 28.8. The van der Waals surface area contributed by atoms with Crippen LogP contribution in [-0.4, -0.2) is 40.1 Å². The Morgan fingerprint density at radius 3 is 2.85 bits per heavy atom. The van der Waals surface area contributed by atoms with E-state index in [1.165, 1.54) is 12.8 Å². The molecule has 0 saturated heterocycles. The van der Waals surface area contributed by atoms with Gasteiger partial charge in [0.25, 0.3) is 0 Å². The SMILES string of the molecule is CCCCCCC(O)C#CC1C(O)CC2=C(NOCCCC(=O)O)CC21. The molecular formula is C20H31NO5. The van der Waals surface area contributed by atoms with Crippen LogP contribution < -0.4 is 5.48 Å². The number of fused-ring (bicyclic) bond motifs is 1. The molecule has 0 radical (unpaired) electrons. The van der Waals surface area contributed by atoms with Crippen molar-refractivity contribution in [1.29, 1.82) is 0 Å². The standard InChI is InChI=1S/C20H31NO5/c1-2-3-4-5-7-14(22)9-10-15-16-12-18(17(16)13-19(15)23)21-26-11-6-8-20(24)25/h14-16,19,21-23H,2-8,11-13H2,1H3,(H,24,25). The van der Waals surface area contributed by atoms with Gasteiger partial charge in [0.05, 0.1) is 18.6 Å². The van der Waals surface area contributed by atoms with E-state index >= 15 is 0 Å². The lowest BCUT2D eigenvalue weighted by Crippen LogP contribution is -2.30. The number of carbonyl (C=O) groups is 1. The second-order valence-electron chi connectivity index (χ2n) is 7.21. The van der Waals surface area contributed by atoms with Crippen molar-refractivity contribution in [2.45, 2.75) is 76.9 Å². The fourth-order valence-corrected chi connectivity index (χ4v) is 3.57. The molecule has 6 heteroatoms. The van der Waals surface area contributed by atoms with E-state index in [1.54, 1.807) is 0 Å². The number of carboxylic acid groups (broad SMARTS) is 1. The van der Waals surface area contributed by atoms with Crippen LogP contribution in [0.25, 0.3) is 0 Å². The number of unbranched alkanes of at least 4 members (excludes halogenated alkanes) is 3. The fraction of sp³-hybridized carbons (Fsp3) is 0.750. The first kappa shape index (κ1) is 20.8. The van der Waals surface area contributed by atoms with Crippen molar-refractivity contribution >= 4 is 5.97 Å². The molecule has 2 rings (SSSR count). The first-order chi connectivity index (χ1) is 12.5. The van der Waals surface area contributed by atoms with Gasteiger partial charge in [-0.25, -0.2) is 0 Å². The molecule has 4 N–H and O–H groups in total. The normalized spacial score (nSPS) is 25.1. The number of carboxylic acids is 1. The Bertz CT molecular complexity index is 562. The molecule has 4 atom stereocenters. The van der Waals surface area contributed by atoms with Gasteiger partial charge in [0.15, 0.2) is 0 Å². The van der Waals surface area contributed by atoms with Gasteiger partial charge in [0.1, 0.15) is 6.10 Å². The van der Waals surface area contributed by atoms with Crippen molar-refractivity contribution in [3.8, 4) is 11.8 Å². The Labute approximate surface area is 155 Å². The molecule has 0 heterocycles. The average molecular weight is 365 g/mol. The molecule has 0 aromatic heterocycles. The first-order valence-corrected chi connectivity index (χ1v) is 9.71. The van der Waals surface area contributed by atoms with Gasteiger partial charge in [-0.05, 0) is 37.7 Å². The predicted octanol–water partition coefficient (Wildman–Crippen LogP) is 2.36. The summed E-state index contributed by atoms with van der Waals surface area (Å²) < 4.78 is 0. The molecule has 1 fully saturated rings. The van der Waals surface area contributed by atoms with Crippen LogP contribution in [0.4, 0.5) is 0 Å². The van der Waals surface area contributed by atoms with Crippen molar-refractivity contribution < 1.29 is 25.0 Å². The van der Waals surface area contributed by atoms with E-state index in [0.717, 1.165) is 30.5 Å². The summed E-state index contributed by atoms with van der Waals surface area (Å²) in [5.74, 6) is 5.30. The Kier molecular flexibility index (Phi) is 8.43. The lowest BCUT2D eigenvalue weighted by molar-refractivity contribution is -0.137. The fourth-order valence-electron chi connectivity index (χ4n) is 3.57. The molecule has 0 spiro atoms. The molecule has 0 aliphatic heterocycles. The largest absolute Gasteiger partial charge is 0.481 e. The maximum Gasteiger partial charge on any atom is 0.303 e. The Morgan fingerprint density at radius 2 is 2.12 bits per heavy atom. The van der Waals surface area contributed by atoms with Gasteiger partial charge in [-0.2, -0.15) is 0 Å². The van der Waals surface area contributed by atoms with E-state index in [9.17, 15) is 15.0 Å². The minimum absolute atomic E-state index is 0.0906. The number of aliphatic hydroxyl groups excluding tert-OH is 2. The molecule has 0 aromatic carbocycles. The summed E-state index contributed by atoms with van der Waals surface area (Å²) in [6, 6.07) is 0. The molecule has 2 aliphatic carbocycles. The van der Waals surface area contributed by atoms with Crippen molar-refractivity contribution in [2.24, 2.45) is 11.8 Å². The first-order valence-electron chi connectivity index (χ1n) is 9.71. The van der Waals surface area contributed by atoms with Crippen LogP contribution in [0.15, 0.2) is 11.3 Å². The van der Waals surface area contributed by atoms with E-state index < -0.39 is 18.2 Å². The zero-order chi connectivity index (χ0) is 18.9.